The maximum Gasteiger partial charge on any atom is 0.511 e. The first-order valence-corrected chi connectivity index (χ1v) is 15.6. The number of nitrogens with zero attached hydrogens (tertiary/aromatic N) is 2. The third kappa shape index (κ3) is 6.88. The second kappa shape index (κ2) is 12.8. The Hall–Kier alpha value is -3.58. The van der Waals surface area contributed by atoms with Gasteiger partial charge in [0.15, 0.2) is 6.61 Å². The molecular weight excluding hydrogens is 642 g/mol. The molecule has 0 unspecified atom stereocenters. The molecule has 1 saturated heterocycles. The van der Waals surface area contributed by atoms with Gasteiger partial charge in [-0.15, -0.1) is 0 Å². The minimum absolute atomic E-state index is 0.138. The molecule has 4 aromatic rings. The number of nitrogens with one attached hydrogen (secondary N) is 1. The maximum absolute atomic E-state index is 13.1. The van der Waals surface area contributed by atoms with Crippen LogP contribution in [0.1, 0.15) is 35.4 Å². The summed E-state index contributed by atoms with van der Waals surface area (Å²) in [5, 5.41) is 14.4. The summed E-state index contributed by atoms with van der Waals surface area (Å²) in [6.07, 6.45) is 1.79. The molecule has 5 rings (SSSR count). The molecule has 3 aromatic carbocycles. The van der Waals surface area contributed by atoms with Crippen LogP contribution < -0.4 is 10.1 Å². The Morgan fingerprint density at radius 1 is 0.977 bits per heavy atom. The Bertz CT molecular complexity index is 1720. The Morgan fingerprint density at radius 2 is 1.55 bits per heavy atom. The first-order chi connectivity index (χ1) is 20.8. The van der Waals surface area contributed by atoms with Crippen LogP contribution in [0.25, 0.3) is 10.9 Å². The molecule has 44 heavy (non-hydrogen) atoms. The molecule has 2 heterocycles. The predicted octanol–water partition coefficient (Wildman–Crippen LogP) is 6.91. The minimum Gasteiger partial charge on any atom is -0.480 e. The first-order valence-electron chi connectivity index (χ1n) is 13.4. The van der Waals surface area contributed by atoms with E-state index in [0.717, 1.165) is 16.7 Å². The second-order valence-corrected chi connectivity index (χ2v) is 13.1. The second-order valence-electron chi connectivity index (χ2n) is 10.3. The summed E-state index contributed by atoms with van der Waals surface area (Å²) < 4.78 is 69.1. The number of fused-ring (bicyclic) bond motifs is 1. The predicted molar refractivity (Wildman–Crippen MR) is 162 cm³/mol. The number of aliphatic carboxylic acids is 1. The molecule has 1 aliphatic heterocycles. The van der Waals surface area contributed by atoms with Crippen LogP contribution in [0.4, 0.5) is 18.9 Å². The van der Waals surface area contributed by atoms with E-state index in [1.807, 2.05) is 30.3 Å². The summed E-state index contributed by atoms with van der Waals surface area (Å²) in [7, 11) is -5.41. The Labute approximate surface area is 261 Å². The summed E-state index contributed by atoms with van der Waals surface area (Å²) in [5.41, 5.74) is -1.89. The number of anilines is 1. The SMILES string of the molecule is O=C(O)COc1cc(C(c2ccc(Cl)cc2)c2ccc(Cl)cc2)cc2c(NC3CCN(S(=O)(=O)C(F)(F)F)CC3)ccnc12. The number of hydrogen-bond acceptors (Lipinski definition) is 6. The number of benzene rings is 3. The van der Waals surface area contributed by atoms with Crippen molar-refractivity contribution in [3.05, 3.63) is 99.7 Å². The van der Waals surface area contributed by atoms with Gasteiger partial charge in [-0.1, -0.05) is 47.5 Å². The maximum atomic E-state index is 13.1. The van der Waals surface area contributed by atoms with Crippen molar-refractivity contribution in [3.8, 4) is 5.75 Å². The average Bonchev–Trinajstić information content (AvgIpc) is 2.98. The van der Waals surface area contributed by atoms with Crippen LogP contribution in [-0.2, 0) is 14.8 Å². The van der Waals surface area contributed by atoms with E-state index in [0.29, 0.717) is 30.9 Å². The van der Waals surface area contributed by atoms with E-state index in [2.05, 4.69) is 10.3 Å². The number of carbonyl (C=O) groups is 1. The van der Waals surface area contributed by atoms with E-state index in [9.17, 15) is 31.5 Å². The van der Waals surface area contributed by atoms with Crippen LogP contribution in [0.15, 0.2) is 72.9 Å². The molecule has 0 spiro atoms. The highest BCUT2D eigenvalue weighted by Gasteiger charge is 2.50. The van der Waals surface area contributed by atoms with Crippen molar-refractivity contribution in [1.29, 1.82) is 0 Å². The summed E-state index contributed by atoms with van der Waals surface area (Å²) in [4.78, 5) is 15.9. The number of carboxylic acids is 1. The summed E-state index contributed by atoms with van der Waals surface area (Å²) in [6, 6.07) is 19.6. The zero-order chi connectivity index (χ0) is 31.6. The van der Waals surface area contributed by atoms with Crippen molar-refractivity contribution in [2.24, 2.45) is 0 Å². The zero-order valence-corrected chi connectivity index (χ0v) is 25.2. The van der Waals surface area contributed by atoms with Crippen molar-refractivity contribution < 1.29 is 36.2 Å². The molecular formula is C30H26Cl2F3N3O5S. The van der Waals surface area contributed by atoms with Gasteiger partial charge < -0.3 is 15.2 Å². The summed E-state index contributed by atoms with van der Waals surface area (Å²) >= 11 is 12.3. The number of pyridine rings is 1. The summed E-state index contributed by atoms with van der Waals surface area (Å²) in [6.45, 7) is -1.21. The van der Waals surface area contributed by atoms with Crippen LogP contribution in [0, 0.1) is 0 Å². The number of carboxylic acid groups (broad SMARTS) is 1. The first kappa shape index (κ1) is 31.8. The molecule has 2 N–H and O–H groups in total. The van der Waals surface area contributed by atoms with E-state index >= 15 is 0 Å². The zero-order valence-electron chi connectivity index (χ0n) is 22.9. The number of alkyl halides is 3. The van der Waals surface area contributed by atoms with Gasteiger partial charge in [0.1, 0.15) is 11.3 Å². The largest absolute Gasteiger partial charge is 0.511 e. The normalized spacial score (nSPS) is 15.0. The number of halogens is 5. The average molecular weight is 669 g/mol. The summed E-state index contributed by atoms with van der Waals surface area (Å²) in [5.74, 6) is -1.31. The van der Waals surface area contributed by atoms with Crippen molar-refractivity contribution in [2.45, 2.75) is 30.3 Å². The lowest BCUT2D eigenvalue weighted by Gasteiger charge is -2.32. The van der Waals surface area contributed by atoms with E-state index in [4.69, 9.17) is 27.9 Å². The van der Waals surface area contributed by atoms with Crippen molar-refractivity contribution >= 4 is 55.8 Å². The Balaban J connectivity index is 1.56. The molecule has 0 radical (unpaired) electrons. The standard InChI is InChI=1S/C30H26Cl2F3N3O5S/c31-21-5-1-18(2-6-21)28(19-3-7-22(32)8-4-19)20-15-24-25(9-12-36-29(24)26(16-20)43-17-27(39)40)37-23-10-13-38(14-11-23)44(41,42)30(33,34)35/h1-9,12,15-16,23,28H,10-11,13-14,17H2,(H,36,37)(H,39,40). The van der Waals surface area contributed by atoms with Crippen molar-refractivity contribution in [3.63, 3.8) is 0 Å². The molecule has 1 aliphatic rings. The lowest BCUT2D eigenvalue weighted by atomic mass is 9.84. The van der Waals surface area contributed by atoms with Crippen molar-refractivity contribution in [1.82, 2.24) is 9.29 Å². The van der Waals surface area contributed by atoms with Gasteiger partial charge in [0.05, 0.1) is 0 Å². The van der Waals surface area contributed by atoms with E-state index < -0.39 is 28.1 Å². The molecule has 0 saturated carbocycles. The van der Waals surface area contributed by atoms with Gasteiger partial charge in [-0.2, -0.15) is 17.5 Å². The number of piperidine rings is 1. The van der Waals surface area contributed by atoms with Gasteiger partial charge >= 0.3 is 21.5 Å². The molecule has 232 valence electrons. The van der Waals surface area contributed by atoms with Gasteiger partial charge in [-0.05, 0) is 72.0 Å². The smallest absolute Gasteiger partial charge is 0.480 e. The highest BCUT2D eigenvalue weighted by molar-refractivity contribution is 7.90. The Morgan fingerprint density at radius 3 is 2.07 bits per heavy atom. The number of aromatic nitrogens is 1. The van der Waals surface area contributed by atoms with Crippen molar-refractivity contribution in [2.75, 3.05) is 25.0 Å². The molecule has 0 aliphatic carbocycles. The highest BCUT2D eigenvalue weighted by atomic mass is 35.5. The van der Waals surface area contributed by atoms with Crippen LogP contribution in [0.2, 0.25) is 10.0 Å². The van der Waals surface area contributed by atoms with Crippen LogP contribution in [0.5, 0.6) is 5.75 Å². The fourth-order valence-corrected chi connectivity index (χ4v) is 6.52. The number of sulfonamides is 1. The minimum atomic E-state index is -5.41. The lowest BCUT2D eigenvalue weighted by Crippen LogP contribution is -2.47. The number of rotatable bonds is 9. The number of ether oxygens (including phenoxy) is 1. The van der Waals surface area contributed by atoms with E-state index in [-0.39, 0.29) is 43.6 Å². The fourth-order valence-electron chi connectivity index (χ4n) is 5.28. The molecule has 14 heteroatoms. The molecule has 0 atom stereocenters. The molecule has 1 fully saturated rings. The van der Waals surface area contributed by atoms with Crippen LogP contribution in [0.3, 0.4) is 0 Å². The van der Waals surface area contributed by atoms with E-state index in [1.54, 1.807) is 36.4 Å². The highest BCUT2D eigenvalue weighted by Crippen LogP contribution is 2.40. The van der Waals surface area contributed by atoms with Gasteiger partial charge in [0.25, 0.3) is 0 Å². The molecule has 0 bridgehead atoms. The molecule has 1 aromatic heterocycles. The molecule has 8 nitrogen and oxygen atoms in total. The van der Waals surface area contributed by atoms with Crippen LogP contribution >= 0.6 is 23.2 Å². The fraction of sp³-hybridized carbons (Fsp3) is 0.267. The van der Waals surface area contributed by atoms with Gasteiger partial charge in [-0.3, -0.25) is 4.98 Å². The third-order valence-electron chi connectivity index (χ3n) is 7.37. The van der Waals surface area contributed by atoms with Gasteiger partial charge in [0, 0.05) is 52.4 Å². The van der Waals surface area contributed by atoms with Crippen LogP contribution in [-0.4, -0.2) is 60.0 Å². The number of hydrogen-bond donors (Lipinski definition) is 2. The Kier molecular flexibility index (Phi) is 9.26. The monoisotopic (exact) mass is 667 g/mol. The van der Waals surface area contributed by atoms with Gasteiger partial charge in [-0.25, -0.2) is 13.2 Å². The van der Waals surface area contributed by atoms with E-state index in [1.165, 1.54) is 6.20 Å². The van der Waals surface area contributed by atoms with Gasteiger partial charge in [0.2, 0.25) is 0 Å². The topological polar surface area (TPSA) is 109 Å². The quantitative estimate of drug-likeness (QED) is 0.187. The lowest BCUT2D eigenvalue weighted by molar-refractivity contribution is -0.139. The third-order valence-corrected chi connectivity index (χ3v) is 9.50. The molecule has 0 amide bonds.